The minimum absolute atomic E-state index is 0.694. The Kier molecular flexibility index (Phi) is 8.15. The predicted molar refractivity (Wildman–Crippen MR) is 134 cm³/mol. The van der Waals surface area contributed by atoms with Crippen molar-refractivity contribution in [3.63, 3.8) is 0 Å². The van der Waals surface area contributed by atoms with E-state index < -0.39 is 0 Å². The largest absolute Gasteiger partial charge is 0.492 e. The molecular weight excluding hydrogens is 412 g/mol. The molecule has 6 nitrogen and oxygen atoms in total. The Balaban J connectivity index is 1.20. The highest BCUT2D eigenvalue weighted by Crippen LogP contribution is 2.24. The molecule has 0 aliphatic carbocycles. The third-order valence-corrected chi connectivity index (χ3v) is 6.07. The van der Waals surface area contributed by atoms with Crippen LogP contribution >= 0.6 is 0 Å². The predicted octanol–water partition coefficient (Wildman–Crippen LogP) is 3.68. The van der Waals surface area contributed by atoms with E-state index in [0.29, 0.717) is 13.2 Å². The summed E-state index contributed by atoms with van der Waals surface area (Å²) in [7, 11) is 4.13. The highest BCUT2D eigenvalue weighted by molar-refractivity contribution is 5.85. The van der Waals surface area contributed by atoms with Crippen molar-refractivity contribution in [2.24, 2.45) is 0 Å². The van der Waals surface area contributed by atoms with Crippen LogP contribution in [-0.4, -0.2) is 86.3 Å². The first kappa shape index (κ1) is 23.5. The summed E-state index contributed by atoms with van der Waals surface area (Å²) in [5, 5.41) is 1.08. The number of rotatable bonds is 10. The average molecular weight is 449 g/mol. The van der Waals surface area contributed by atoms with Crippen LogP contribution in [0.5, 0.6) is 11.5 Å². The molecule has 0 radical (unpaired) electrons. The molecule has 0 atom stereocenters. The van der Waals surface area contributed by atoms with E-state index in [1.165, 1.54) is 5.56 Å². The van der Waals surface area contributed by atoms with Crippen molar-refractivity contribution in [2.45, 2.75) is 13.5 Å². The summed E-state index contributed by atoms with van der Waals surface area (Å²) in [5.74, 6) is 1.88. The van der Waals surface area contributed by atoms with E-state index in [-0.39, 0.29) is 0 Å². The van der Waals surface area contributed by atoms with Crippen molar-refractivity contribution in [1.82, 2.24) is 19.7 Å². The van der Waals surface area contributed by atoms with Gasteiger partial charge in [-0.1, -0.05) is 18.2 Å². The number of aryl methyl sites for hydroxylation is 1. The Bertz CT molecular complexity index is 1030. The van der Waals surface area contributed by atoms with Gasteiger partial charge in [0.25, 0.3) is 0 Å². The molecule has 6 heteroatoms. The lowest BCUT2D eigenvalue weighted by Crippen LogP contribution is -2.47. The summed E-state index contributed by atoms with van der Waals surface area (Å²) in [5.41, 5.74) is 3.34. The Morgan fingerprint density at radius 3 is 2.48 bits per heavy atom. The molecule has 0 saturated carbocycles. The van der Waals surface area contributed by atoms with Gasteiger partial charge in [0.05, 0.1) is 5.52 Å². The van der Waals surface area contributed by atoms with Crippen molar-refractivity contribution in [3.05, 3.63) is 65.9 Å². The molecule has 1 aliphatic heterocycles. The van der Waals surface area contributed by atoms with Gasteiger partial charge in [0.1, 0.15) is 24.7 Å². The van der Waals surface area contributed by atoms with E-state index in [1.807, 2.05) is 37.3 Å². The molecule has 176 valence electrons. The summed E-state index contributed by atoms with van der Waals surface area (Å²) in [6.45, 7) is 10.5. The molecule has 1 saturated heterocycles. The number of pyridine rings is 1. The van der Waals surface area contributed by atoms with E-state index in [0.717, 1.165) is 73.9 Å². The SMILES string of the molecule is Cc1ccc2c(OCCN3CCN(Cc4cccc(OCCN(C)C)c4)CC3)cccc2n1. The summed E-state index contributed by atoms with van der Waals surface area (Å²) < 4.78 is 12.0. The Labute approximate surface area is 197 Å². The molecule has 1 fully saturated rings. The maximum atomic E-state index is 6.13. The average Bonchev–Trinajstić information content (AvgIpc) is 2.80. The highest BCUT2D eigenvalue weighted by atomic mass is 16.5. The molecule has 0 N–H and O–H groups in total. The van der Waals surface area contributed by atoms with E-state index in [4.69, 9.17) is 9.47 Å². The van der Waals surface area contributed by atoms with Gasteiger partial charge in [0, 0.05) is 56.9 Å². The van der Waals surface area contributed by atoms with Gasteiger partial charge in [0.15, 0.2) is 0 Å². The van der Waals surface area contributed by atoms with Gasteiger partial charge in [0.2, 0.25) is 0 Å². The number of aromatic nitrogens is 1. The van der Waals surface area contributed by atoms with Crippen LogP contribution in [0.15, 0.2) is 54.6 Å². The molecule has 0 spiro atoms. The molecule has 33 heavy (non-hydrogen) atoms. The molecule has 2 aromatic carbocycles. The highest BCUT2D eigenvalue weighted by Gasteiger charge is 2.17. The summed E-state index contributed by atoms with van der Waals surface area (Å²) in [6.07, 6.45) is 0. The monoisotopic (exact) mass is 448 g/mol. The van der Waals surface area contributed by atoms with E-state index in [1.54, 1.807) is 0 Å². The van der Waals surface area contributed by atoms with Crippen LogP contribution in [0.3, 0.4) is 0 Å². The van der Waals surface area contributed by atoms with Crippen LogP contribution in [-0.2, 0) is 6.54 Å². The van der Waals surface area contributed by atoms with Crippen molar-refractivity contribution in [3.8, 4) is 11.5 Å². The fourth-order valence-electron chi connectivity index (χ4n) is 4.15. The van der Waals surface area contributed by atoms with E-state index in [2.05, 4.69) is 58.0 Å². The molecule has 1 aromatic heterocycles. The maximum Gasteiger partial charge on any atom is 0.128 e. The van der Waals surface area contributed by atoms with Gasteiger partial charge in [-0.05, 0) is 63.0 Å². The second-order valence-electron chi connectivity index (χ2n) is 9.04. The zero-order chi connectivity index (χ0) is 23.0. The lowest BCUT2D eigenvalue weighted by atomic mass is 10.2. The first-order valence-corrected chi connectivity index (χ1v) is 11.9. The molecule has 0 amide bonds. The summed E-state index contributed by atoms with van der Waals surface area (Å²) in [6, 6.07) is 18.8. The third kappa shape index (κ3) is 6.90. The molecular formula is C27H36N4O2. The number of benzene rings is 2. The Hall–Kier alpha value is -2.67. The molecule has 4 rings (SSSR count). The van der Waals surface area contributed by atoms with Crippen LogP contribution in [0.1, 0.15) is 11.3 Å². The van der Waals surface area contributed by atoms with Crippen molar-refractivity contribution >= 4 is 10.9 Å². The van der Waals surface area contributed by atoms with E-state index >= 15 is 0 Å². The molecule has 1 aliphatic rings. The number of piperazine rings is 1. The van der Waals surface area contributed by atoms with Crippen LogP contribution < -0.4 is 9.47 Å². The molecule has 2 heterocycles. The van der Waals surface area contributed by atoms with Gasteiger partial charge in [-0.2, -0.15) is 0 Å². The number of fused-ring (bicyclic) bond motifs is 1. The number of hydrogen-bond donors (Lipinski definition) is 0. The van der Waals surface area contributed by atoms with Crippen molar-refractivity contribution in [2.75, 3.05) is 66.6 Å². The van der Waals surface area contributed by atoms with Crippen molar-refractivity contribution < 1.29 is 9.47 Å². The molecule has 3 aromatic rings. The van der Waals surface area contributed by atoms with Gasteiger partial charge in [-0.3, -0.25) is 14.8 Å². The standard InChI is InChI=1S/C27H36N4O2/c1-22-10-11-25-26(28-22)8-5-9-27(25)33-19-17-30-12-14-31(15-13-30)21-23-6-4-7-24(20-23)32-18-16-29(2)3/h4-11,20H,12-19,21H2,1-3H3. The maximum absolute atomic E-state index is 6.13. The van der Waals surface area contributed by atoms with E-state index in [9.17, 15) is 0 Å². The second-order valence-corrected chi connectivity index (χ2v) is 9.04. The topological polar surface area (TPSA) is 41.1 Å². The number of ether oxygens (including phenoxy) is 2. The smallest absolute Gasteiger partial charge is 0.128 e. The van der Waals surface area contributed by atoms with Crippen molar-refractivity contribution in [1.29, 1.82) is 0 Å². The first-order chi connectivity index (χ1) is 16.1. The van der Waals surface area contributed by atoms with Gasteiger partial charge < -0.3 is 14.4 Å². The normalized spacial score (nSPS) is 15.3. The lowest BCUT2D eigenvalue weighted by molar-refractivity contribution is 0.113. The number of likely N-dealkylation sites (N-methyl/N-ethyl adjacent to an activating group) is 1. The summed E-state index contributed by atoms with van der Waals surface area (Å²) in [4.78, 5) is 11.7. The zero-order valence-electron chi connectivity index (χ0n) is 20.2. The molecule has 0 bridgehead atoms. The third-order valence-electron chi connectivity index (χ3n) is 6.07. The minimum Gasteiger partial charge on any atom is -0.492 e. The van der Waals surface area contributed by atoms with Gasteiger partial charge in [-0.25, -0.2) is 0 Å². The van der Waals surface area contributed by atoms with Crippen LogP contribution in [0.4, 0.5) is 0 Å². The number of hydrogen-bond acceptors (Lipinski definition) is 6. The minimum atomic E-state index is 0.694. The van der Waals surface area contributed by atoms with Gasteiger partial charge >= 0.3 is 0 Å². The fourth-order valence-corrected chi connectivity index (χ4v) is 4.15. The lowest BCUT2D eigenvalue weighted by Gasteiger charge is -2.34. The van der Waals surface area contributed by atoms with Crippen LogP contribution in [0.2, 0.25) is 0 Å². The zero-order valence-corrected chi connectivity index (χ0v) is 20.2. The molecule has 0 unspecified atom stereocenters. The van der Waals surface area contributed by atoms with Crippen LogP contribution in [0.25, 0.3) is 10.9 Å². The number of nitrogens with zero attached hydrogens (tertiary/aromatic N) is 4. The second kappa shape index (κ2) is 11.5. The Morgan fingerprint density at radius 1 is 0.879 bits per heavy atom. The van der Waals surface area contributed by atoms with Crippen LogP contribution in [0, 0.1) is 6.92 Å². The summed E-state index contributed by atoms with van der Waals surface area (Å²) >= 11 is 0. The Morgan fingerprint density at radius 2 is 1.67 bits per heavy atom. The quantitative estimate of drug-likeness (QED) is 0.471. The van der Waals surface area contributed by atoms with Gasteiger partial charge in [-0.15, -0.1) is 0 Å². The fraction of sp³-hybridized carbons (Fsp3) is 0.444. The first-order valence-electron chi connectivity index (χ1n) is 11.9.